The van der Waals surface area contributed by atoms with E-state index in [1.54, 1.807) is 26.0 Å². The molecule has 0 saturated carbocycles. The third-order valence-electron chi connectivity index (χ3n) is 5.88. The molecule has 2 aromatic carbocycles. The lowest BCUT2D eigenvalue weighted by atomic mass is 9.67. The van der Waals surface area contributed by atoms with Crippen LogP contribution in [0.4, 0.5) is 4.39 Å². The highest BCUT2D eigenvalue weighted by Gasteiger charge is 2.34. The molecule has 2 aromatic rings. The highest BCUT2D eigenvalue weighted by atomic mass is 32.2. The van der Waals surface area contributed by atoms with Gasteiger partial charge in [0, 0.05) is 5.41 Å². The summed E-state index contributed by atoms with van der Waals surface area (Å²) in [6.45, 7) is 5.30. The summed E-state index contributed by atoms with van der Waals surface area (Å²) in [4.78, 5) is 0. The minimum atomic E-state index is -3.66. The van der Waals surface area contributed by atoms with Gasteiger partial charge < -0.3 is 8.37 Å². The van der Waals surface area contributed by atoms with Crippen molar-refractivity contribution in [2.24, 2.45) is 0 Å². The number of unbranched alkanes of at least 4 members (excludes halogenated alkanes) is 2. The molecule has 190 valence electrons. The van der Waals surface area contributed by atoms with Crippen LogP contribution in [0.5, 0.6) is 11.5 Å². The first-order valence-corrected chi connectivity index (χ1v) is 15.0. The van der Waals surface area contributed by atoms with Crippen molar-refractivity contribution in [1.82, 2.24) is 0 Å². The lowest BCUT2D eigenvalue weighted by Crippen LogP contribution is -2.28. The monoisotopic (exact) mass is 514 g/mol. The first-order chi connectivity index (χ1) is 15.8. The van der Waals surface area contributed by atoms with E-state index < -0.39 is 32.3 Å². The molecule has 6 nitrogen and oxygen atoms in total. The molecular weight excluding hydrogens is 479 g/mol. The molecule has 0 aliphatic rings. The van der Waals surface area contributed by atoms with Gasteiger partial charge in [-0.1, -0.05) is 44.0 Å². The van der Waals surface area contributed by atoms with Gasteiger partial charge >= 0.3 is 20.2 Å². The molecule has 2 rings (SSSR count). The highest BCUT2D eigenvalue weighted by Crippen LogP contribution is 2.44. The maximum Gasteiger partial charge on any atom is 0.306 e. The Hall–Kier alpha value is -2.13. The maximum atomic E-state index is 13.0. The molecule has 0 N–H and O–H groups in total. The van der Waals surface area contributed by atoms with E-state index in [2.05, 4.69) is 6.92 Å². The number of alkyl halides is 1. The minimum Gasteiger partial charge on any atom is -0.382 e. The van der Waals surface area contributed by atoms with Gasteiger partial charge in [0.2, 0.25) is 0 Å². The van der Waals surface area contributed by atoms with Gasteiger partial charge in [0.05, 0.1) is 19.2 Å². The molecule has 0 spiro atoms. The van der Waals surface area contributed by atoms with E-state index in [0.717, 1.165) is 42.9 Å². The van der Waals surface area contributed by atoms with Crippen molar-refractivity contribution in [3.8, 4) is 11.5 Å². The summed E-state index contributed by atoms with van der Waals surface area (Å²) in [6.07, 6.45) is 6.50. The molecule has 34 heavy (non-hydrogen) atoms. The van der Waals surface area contributed by atoms with Crippen LogP contribution in [0.2, 0.25) is 0 Å². The first-order valence-electron chi connectivity index (χ1n) is 11.4. The third-order valence-corrected chi connectivity index (χ3v) is 6.85. The SMILES string of the molecule is CCCCC(CCCCF)(c1ccc(OS(C)(=O)=O)c(C)c1)c1ccc(OS(C)(=O)=O)c(C)c1. The van der Waals surface area contributed by atoms with Gasteiger partial charge in [-0.05, 0) is 73.9 Å². The summed E-state index contributed by atoms with van der Waals surface area (Å²) in [5.74, 6) is 0.542. The quantitative estimate of drug-likeness (QED) is 0.256. The van der Waals surface area contributed by atoms with Crippen LogP contribution in [0.3, 0.4) is 0 Å². The zero-order chi connectivity index (χ0) is 25.6. The summed E-state index contributed by atoms with van der Waals surface area (Å²) < 4.78 is 69.8. The fraction of sp³-hybridized carbons (Fsp3) is 0.520. The van der Waals surface area contributed by atoms with Crippen LogP contribution in [0, 0.1) is 13.8 Å². The van der Waals surface area contributed by atoms with Crippen LogP contribution in [0.25, 0.3) is 0 Å². The molecule has 0 saturated heterocycles. The summed E-state index contributed by atoms with van der Waals surface area (Å²) in [6, 6.07) is 10.9. The molecule has 0 aromatic heterocycles. The molecule has 0 aliphatic heterocycles. The van der Waals surface area contributed by atoms with Crippen LogP contribution in [0.1, 0.15) is 67.7 Å². The normalized spacial score (nSPS) is 12.5. The second kappa shape index (κ2) is 11.5. The Balaban J connectivity index is 2.66. The van der Waals surface area contributed by atoms with E-state index in [4.69, 9.17) is 8.37 Å². The summed E-state index contributed by atoms with van der Waals surface area (Å²) >= 11 is 0. The third kappa shape index (κ3) is 7.70. The molecule has 0 aliphatic carbocycles. The minimum absolute atomic E-state index is 0.271. The zero-order valence-corrected chi connectivity index (χ0v) is 22.2. The van der Waals surface area contributed by atoms with Crippen molar-refractivity contribution in [3.63, 3.8) is 0 Å². The maximum absolute atomic E-state index is 13.0. The van der Waals surface area contributed by atoms with E-state index in [-0.39, 0.29) is 11.5 Å². The van der Waals surface area contributed by atoms with Crippen molar-refractivity contribution in [2.75, 3.05) is 19.2 Å². The number of rotatable bonds is 13. The van der Waals surface area contributed by atoms with Crippen LogP contribution < -0.4 is 8.37 Å². The lowest BCUT2D eigenvalue weighted by Gasteiger charge is -2.36. The average molecular weight is 515 g/mol. The second-order valence-corrected chi connectivity index (χ2v) is 12.0. The molecule has 0 fully saturated rings. The zero-order valence-electron chi connectivity index (χ0n) is 20.6. The molecule has 0 heterocycles. The van der Waals surface area contributed by atoms with E-state index in [9.17, 15) is 21.2 Å². The summed E-state index contributed by atoms with van der Waals surface area (Å²) in [5.41, 5.74) is 2.86. The van der Waals surface area contributed by atoms with Crippen molar-refractivity contribution in [2.45, 2.75) is 64.7 Å². The number of halogens is 1. The standard InChI is InChI=1S/C25H35FO6S2/c1-6-7-14-25(15-8-9-16-26,21-10-12-23(19(2)17-21)31-33(4,27)28)22-11-13-24(20(3)18-22)32-34(5,29)30/h10-13,17-18H,6-9,14-16H2,1-5H3. The summed E-state index contributed by atoms with van der Waals surface area (Å²) in [5, 5.41) is 0. The van der Waals surface area contributed by atoms with Crippen LogP contribution in [0.15, 0.2) is 36.4 Å². The van der Waals surface area contributed by atoms with Crippen molar-refractivity contribution < 1.29 is 29.6 Å². The lowest BCUT2D eigenvalue weighted by molar-refractivity contribution is 0.378. The van der Waals surface area contributed by atoms with Gasteiger partial charge in [-0.15, -0.1) is 0 Å². The fourth-order valence-corrected chi connectivity index (χ4v) is 5.30. The van der Waals surface area contributed by atoms with Crippen molar-refractivity contribution in [3.05, 3.63) is 58.7 Å². The van der Waals surface area contributed by atoms with Crippen LogP contribution in [-0.4, -0.2) is 36.0 Å². The Morgan fingerprint density at radius 2 is 1.21 bits per heavy atom. The van der Waals surface area contributed by atoms with E-state index in [1.807, 2.05) is 24.3 Å². The van der Waals surface area contributed by atoms with Crippen molar-refractivity contribution >= 4 is 20.2 Å². The molecule has 9 heteroatoms. The van der Waals surface area contributed by atoms with Gasteiger partial charge in [0.25, 0.3) is 0 Å². The highest BCUT2D eigenvalue weighted by molar-refractivity contribution is 7.86. The fourth-order valence-electron chi connectivity index (χ4n) is 4.28. The topological polar surface area (TPSA) is 86.7 Å². The van der Waals surface area contributed by atoms with Gasteiger partial charge in [0.15, 0.2) is 0 Å². The molecule has 0 bridgehead atoms. The van der Waals surface area contributed by atoms with E-state index in [1.165, 1.54) is 0 Å². The van der Waals surface area contributed by atoms with Crippen molar-refractivity contribution in [1.29, 1.82) is 0 Å². The van der Waals surface area contributed by atoms with Gasteiger partial charge in [-0.2, -0.15) is 16.8 Å². The Bertz CT molecular complexity index is 1110. The Kier molecular flexibility index (Phi) is 9.53. The average Bonchev–Trinajstić information content (AvgIpc) is 2.72. The first kappa shape index (κ1) is 28.1. The molecule has 0 unspecified atom stereocenters. The Morgan fingerprint density at radius 1 is 0.765 bits per heavy atom. The van der Waals surface area contributed by atoms with Crippen LogP contribution >= 0.6 is 0 Å². The molecule has 0 atom stereocenters. The smallest absolute Gasteiger partial charge is 0.306 e. The Labute approximate surface area is 203 Å². The van der Waals surface area contributed by atoms with Crippen LogP contribution in [-0.2, 0) is 25.7 Å². The number of aryl methyl sites for hydroxylation is 2. The predicted octanol–water partition coefficient (Wildman–Crippen LogP) is 5.60. The molecule has 0 amide bonds. The van der Waals surface area contributed by atoms with Gasteiger partial charge in [0.1, 0.15) is 11.5 Å². The number of hydrogen-bond acceptors (Lipinski definition) is 6. The Morgan fingerprint density at radius 3 is 1.56 bits per heavy atom. The van der Waals surface area contributed by atoms with Gasteiger partial charge in [-0.25, -0.2) is 0 Å². The van der Waals surface area contributed by atoms with E-state index in [0.29, 0.717) is 30.4 Å². The van der Waals surface area contributed by atoms with Gasteiger partial charge in [-0.3, -0.25) is 4.39 Å². The molecular formula is C25H35FO6S2. The number of benzene rings is 2. The summed E-state index contributed by atoms with van der Waals surface area (Å²) in [7, 11) is -7.32. The van der Waals surface area contributed by atoms with E-state index >= 15 is 0 Å². The number of hydrogen-bond donors (Lipinski definition) is 0. The second-order valence-electron chi connectivity index (χ2n) is 8.87. The largest absolute Gasteiger partial charge is 0.382 e. The molecule has 0 radical (unpaired) electrons. The predicted molar refractivity (Wildman–Crippen MR) is 133 cm³/mol.